The maximum absolute atomic E-state index is 5.41. The lowest BCUT2D eigenvalue weighted by atomic mass is 10.3. The van der Waals surface area contributed by atoms with Crippen LogP contribution < -0.4 is 10.1 Å². The number of rotatable bonds is 6. The van der Waals surface area contributed by atoms with Crippen LogP contribution in [0.5, 0.6) is 11.9 Å². The van der Waals surface area contributed by atoms with Crippen LogP contribution in [-0.4, -0.2) is 26.3 Å². The largest absolute Gasteiger partial charge is 0.404 e. The van der Waals surface area contributed by atoms with Crippen LogP contribution in [0.4, 0.5) is 0 Å². The summed E-state index contributed by atoms with van der Waals surface area (Å²) in [5, 5.41) is 7.34. The summed E-state index contributed by atoms with van der Waals surface area (Å²) in [7, 11) is 1.79. The monoisotopic (exact) mass is 247 g/mol. The number of aromatic nitrogens is 4. The van der Waals surface area contributed by atoms with Crippen molar-refractivity contribution in [2.24, 2.45) is 7.05 Å². The Hall–Kier alpha value is -1.95. The fraction of sp³-hybridized carbons (Fsp3) is 0.417. The molecule has 0 aromatic carbocycles. The van der Waals surface area contributed by atoms with Gasteiger partial charge in [0.15, 0.2) is 0 Å². The number of hydrogen-bond donors (Lipinski definition) is 1. The molecule has 0 saturated heterocycles. The third kappa shape index (κ3) is 3.53. The molecule has 6 heteroatoms. The molecule has 18 heavy (non-hydrogen) atoms. The molecule has 0 fully saturated rings. The molecule has 96 valence electrons. The SMILES string of the molecule is CCCNCc1ccc(Oc2ncn(C)n2)nc1. The molecule has 0 unspecified atom stereocenters. The molecule has 1 N–H and O–H groups in total. The summed E-state index contributed by atoms with van der Waals surface area (Å²) < 4.78 is 6.99. The lowest BCUT2D eigenvalue weighted by molar-refractivity contribution is 0.422. The molecule has 0 aliphatic rings. The number of aryl methyl sites for hydroxylation is 1. The van der Waals surface area contributed by atoms with Crippen molar-refractivity contribution >= 4 is 0 Å². The number of ether oxygens (including phenoxy) is 1. The zero-order valence-electron chi connectivity index (χ0n) is 10.6. The summed E-state index contributed by atoms with van der Waals surface area (Å²) in [5.41, 5.74) is 1.13. The first kappa shape index (κ1) is 12.5. The smallest absolute Gasteiger partial charge is 0.342 e. The van der Waals surface area contributed by atoms with Crippen LogP contribution >= 0.6 is 0 Å². The molecule has 0 spiro atoms. The lowest BCUT2D eigenvalue weighted by Gasteiger charge is -2.04. The van der Waals surface area contributed by atoms with E-state index in [2.05, 4.69) is 27.3 Å². The van der Waals surface area contributed by atoms with E-state index >= 15 is 0 Å². The molecule has 0 atom stereocenters. The third-order valence-electron chi connectivity index (χ3n) is 2.33. The molecule has 2 aromatic rings. The summed E-state index contributed by atoms with van der Waals surface area (Å²) in [4.78, 5) is 8.18. The van der Waals surface area contributed by atoms with E-state index in [4.69, 9.17) is 4.74 Å². The van der Waals surface area contributed by atoms with Gasteiger partial charge in [-0.1, -0.05) is 13.0 Å². The van der Waals surface area contributed by atoms with E-state index < -0.39 is 0 Å². The summed E-state index contributed by atoms with van der Waals surface area (Å²) in [6.45, 7) is 3.97. The van der Waals surface area contributed by atoms with Gasteiger partial charge in [0, 0.05) is 25.9 Å². The van der Waals surface area contributed by atoms with Crippen LogP contribution in [0.15, 0.2) is 24.7 Å². The molecular formula is C12H17N5O. The first-order valence-corrected chi connectivity index (χ1v) is 5.97. The lowest BCUT2D eigenvalue weighted by Crippen LogP contribution is -2.13. The standard InChI is InChI=1S/C12H17N5O/c1-3-6-13-7-10-4-5-11(14-8-10)18-12-15-9-17(2)16-12/h4-5,8-9,13H,3,6-7H2,1-2H3. The Bertz CT molecular complexity index is 479. The highest BCUT2D eigenvalue weighted by atomic mass is 16.5. The minimum absolute atomic E-state index is 0.307. The number of nitrogens with zero attached hydrogens (tertiary/aromatic N) is 4. The van der Waals surface area contributed by atoms with Gasteiger partial charge >= 0.3 is 6.01 Å². The molecule has 6 nitrogen and oxygen atoms in total. The molecule has 2 aromatic heterocycles. The highest BCUT2D eigenvalue weighted by Crippen LogP contribution is 2.14. The van der Waals surface area contributed by atoms with Crippen LogP contribution in [-0.2, 0) is 13.6 Å². The van der Waals surface area contributed by atoms with E-state index in [-0.39, 0.29) is 0 Å². The van der Waals surface area contributed by atoms with Gasteiger partial charge in [-0.25, -0.2) is 4.98 Å². The topological polar surface area (TPSA) is 64.9 Å². The Morgan fingerprint density at radius 1 is 1.33 bits per heavy atom. The second-order valence-electron chi connectivity index (χ2n) is 3.98. The Morgan fingerprint density at radius 3 is 2.83 bits per heavy atom. The van der Waals surface area contributed by atoms with E-state index in [0.717, 1.165) is 25.1 Å². The molecule has 0 aliphatic heterocycles. The van der Waals surface area contributed by atoms with Gasteiger partial charge in [-0.3, -0.25) is 4.68 Å². The van der Waals surface area contributed by atoms with Crippen LogP contribution in [0.25, 0.3) is 0 Å². The summed E-state index contributed by atoms with van der Waals surface area (Å²) in [6, 6.07) is 4.11. The van der Waals surface area contributed by atoms with Crippen molar-refractivity contribution < 1.29 is 4.74 Å². The molecule has 0 radical (unpaired) electrons. The molecule has 0 amide bonds. The Labute approximate surface area is 106 Å². The van der Waals surface area contributed by atoms with E-state index in [1.165, 1.54) is 0 Å². The van der Waals surface area contributed by atoms with Crippen LogP contribution in [0, 0.1) is 0 Å². The average Bonchev–Trinajstić information content (AvgIpc) is 2.77. The van der Waals surface area contributed by atoms with Gasteiger partial charge in [0.25, 0.3) is 0 Å². The van der Waals surface area contributed by atoms with Gasteiger partial charge in [0.05, 0.1) is 0 Å². The van der Waals surface area contributed by atoms with Gasteiger partial charge < -0.3 is 10.1 Å². The van der Waals surface area contributed by atoms with Crippen LogP contribution in [0.3, 0.4) is 0 Å². The van der Waals surface area contributed by atoms with Gasteiger partial charge in [-0.05, 0) is 18.5 Å². The summed E-state index contributed by atoms with van der Waals surface area (Å²) in [6.07, 6.45) is 4.50. The van der Waals surface area contributed by atoms with Gasteiger partial charge in [-0.2, -0.15) is 4.98 Å². The fourth-order valence-corrected chi connectivity index (χ4v) is 1.45. The molecule has 0 saturated carbocycles. The fourth-order valence-electron chi connectivity index (χ4n) is 1.45. The Balaban J connectivity index is 1.91. The first-order valence-electron chi connectivity index (χ1n) is 5.97. The number of hydrogen-bond acceptors (Lipinski definition) is 5. The maximum Gasteiger partial charge on any atom is 0.342 e. The van der Waals surface area contributed by atoms with Crippen LogP contribution in [0.1, 0.15) is 18.9 Å². The van der Waals surface area contributed by atoms with Crippen molar-refractivity contribution in [1.82, 2.24) is 25.1 Å². The number of pyridine rings is 1. The second kappa shape index (κ2) is 6.11. The minimum atomic E-state index is 0.307. The van der Waals surface area contributed by atoms with Crippen molar-refractivity contribution in [3.63, 3.8) is 0 Å². The summed E-state index contributed by atoms with van der Waals surface area (Å²) in [5.74, 6) is 0.500. The normalized spacial score (nSPS) is 10.6. The predicted octanol–water partition coefficient (Wildman–Crippen LogP) is 1.50. The molecule has 2 rings (SSSR count). The van der Waals surface area contributed by atoms with Crippen molar-refractivity contribution in [3.8, 4) is 11.9 Å². The second-order valence-corrected chi connectivity index (χ2v) is 3.98. The quantitative estimate of drug-likeness (QED) is 0.784. The van der Waals surface area contributed by atoms with Gasteiger partial charge in [-0.15, -0.1) is 5.10 Å². The highest BCUT2D eigenvalue weighted by molar-refractivity contribution is 5.19. The summed E-state index contributed by atoms with van der Waals surface area (Å²) >= 11 is 0. The van der Waals surface area contributed by atoms with Crippen molar-refractivity contribution in [1.29, 1.82) is 0 Å². The maximum atomic E-state index is 5.41. The van der Waals surface area contributed by atoms with Crippen LogP contribution in [0.2, 0.25) is 0 Å². The molecule has 0 bridgehead atoms. The average molecular weight is 247 g/mol. The number of nitrogens with one attached hydrogen (secondary N) is 1. The third-order valence-corrected chi connectivity index (χ3v) is 2.33. The van der Waals surface area contributed by atoms with Crippen molar-refractivity contribution in [2.45, 2.75) is 19.9 Å². The first-order chi connectivity index (χ1) is 8.78. The van der Waals surface area contributed by atoms with E-state index in [1.54, 1.807) is 24.3 Å². The molecule has 2 heterocycles. The van der Waals surface area contributed by atoms with Crippen molar-refractivity contribution in [2.75, 3.05) is 6.54 Å². The minimum Gasteiger partial charge on any atom is -0.404 e. The molecular weight excluding hydrogens is 230 g/mol. The zero-order chi connectivity index (χ0) is 12.8. The Kier molecular flexibility index (Phi) is 4.25. The Morgan fingerprint density at radius 2 is 2.22 bits per heavy atom. The van der Waals surface area contributed by atoms with Crippen molar-refractivity contribution in [3.05, 3.63) is 30.2 Å². The van der Waals surface area contributed by atoms with E-state index in [1.807, 2.05) is 12.1 Å². The van der Waals surface area contributed by atoms with Gasteiger partial charge in [0.1, 0.15) is 6.33 Å². The predicted molar refractivity (Wildman–Crippen MR) is 67.3 cm³/mol. The zero-order valence-corrected chi connectivity index (χ0v) is 10.6. The highest BCUT2D eigenvalue weighted by Gasteiger charge is 2.03. The molecule has 0 aliphatic carbocycles. The van der Waals surface area contributed by atoms with E-state index in [0.29, 0.717) is 11.9 Å². The van der Waals surface area contributed by atoms with E-state index in [9.17, 15) is 0 Å². The van der Waals surface area contributed by atoms with Gasteiger partial charge in [0.2, 0.25) is 5.88 Å².